The van der Waals surface area contributed by atoms with Crippen LogP contribution >= 0.6 is 0 Å². The minimum Gasteiger partial charge on any atom is -0.350 e. The molecule has 3 fully saturated rings. The lowest BCUT2D eigenvalue weighted by Crippen LogP contribution is -2.40. The number of hydrogen-bond acceptors (Lipinski definition) is 5. The van der Waals surface area contributed by atoms with Crippen LogP contribution in [0.25, 0.3) is 6.08 Å². The van der Waals surface area contributed by atoms with E-state index in [-0.39, 0.29) is 18.0 Å². The zero-order valence-electron chi connectivity index (χ0n) is 15.8. The quantitative estimate of drug-likeness (QED) is 0.714. The third-order valence-corrected chi connectivity index (χ3v) is 7.45. The lowest BCUT2D eigenvalue weighted by atomic mass is 9.96. The summed E-state index contributed by atoms with van der Waals surface area (Å²) < 4.78 is 36.6. The van der Waals surface area contributed by atoms with Crippen LogP contribution in [0.15, 0.2) is 30.3 Å². The van der Waals surface area contributed by atoms with Crippen LogP contribution in [0, 0.1) is 5.92 Å². The van der Waals surface area contributed by atoms with Crippen molar-refractivity contribution in [2.75, 3.05) is 42.9 Å². The van der Waals surface area contributed by atoms with Gasteiger partial charge in [-0.2, -0.15) is 0 Å². The number of anilines is 1. The molecule has 7 nitrogen and oxygen atoms in total. The molecule has 0 saturated carbocycles. The van der Waals surface area contributed by atoms with Gasteiger partial charge in [-0.1, -0.05) is 12.1 Å². The number of rotatable bonds is 4. The van der Waals surface area contributed by atoms with E-state index in [1.54, 1.807) is 24.3 Å². The molecule has 0 aliphatic carbocycles. The molecule has 8 heteroatoms. The maximum atomic E-state index is 12.4. The highest BCUT2D eigenvalue weighted by Gasteiger charge is 2.31. The molecule has 0 aromatic heterocycles. The van der Waals surface area contributed by atoms with Gasteiger partial charge in [-0.3, -0.25) is 9.10 Å². The molecule has 3 saturated heterocycles. The third kappa shape index (κ3) is 4.24. The van der Waals surface area contributed by atoms with Gasteiger partial charge in [0, 0.05) is 31.6 Å². The Hall–Kier alpha value is -1.90. The molecule has 3 aliphatic rings. The Morgan fingerprint density at radius 1 is 1.04 bits per heavy atom. The molecule has 3 aliphatic heterocycles. The first-order valence-corrected chi connectivity index (χ1v) is 11.4. The first kappa shape index (κ1) is 19.4. The van der Waals surface area contributed by atoms with Gasteiger partial charge in [-0.25, -0.2) is 8.42 Å². The van der Waals surface area contributed by atoms with Gasteiger partial charge < -0.3 is 14.4 Å². The summed E-state index contributed by atoms with van der Waals surface area (Å²) in [6, 6.07) is 7.27. The average molecular weight is 407 g/mol. The number of hydrogen-bond donors (Lipinski definition) is 0. The lowest BCUT2D eigenvalue weighted by molar-refractivity contribution is -0.131. The predicted molar refractivity (Wildman–Crippen MR) is 106 cm³/mol. The summed E-state index contributed by atoms with van der Waals surface area (Å²) in [4.78, 5) is 14.3. The number of amides is 1. The number of benzene rings is 1. The molecule has 0 radical (unpaired) electrons. The molecule has 1 amide bonds. The molecule has 0 N–H and O–H groups in total. The normalized spacial score (nSPS) is 23.7. The molecule has 3 heterocycles. The molecule has 28 heavy (non-hydrogen) atoms. The Balaban J connectivity index is 1.31. The fourth-order valence-electron chi connectivity index (χ4n) is 3.99. The Morgan fingerprint density at radius 2 is 1.71 bits per heavy atom. The van der Waals surface area contributed by atoms with Gasteiger partial charge in [-0.15, -0.1) is 0 Å². The third-order valence-electron chi connectivity index (χ3n) is 5.58. The van der Waals surface area contributed by atoms with Crippen molar-refractivity contribution in [3.05, 3.63) is 35.9 Å². The van der Waals surface area contributed by atoms with Gasteiger partial charge in [0.2, 0.25) is 15.9 Å². The molecule has 0 spiro atoms. The molecule has 0 bridgehead atoms. The zero-order chi connectivity index (χ0) is 19.6. The van der Waals surface area contributed by atoms with E-state index >= 15 is 0 Å². The zero-order valence-corrected chi connectivity index (χ0v) is 16.6. The second kappa shape index (κ2) is 8.23. The number of piperidine rings is 1. The van der Waals surface area contributed by atoms with Gasteiger partial charge in [0.1, 0.15) is 0 Å². The van der Waals surface area contributed by atoms with Crippen molar-refractivity contribution >= 4 is 27.7 Å². The Kier molecular flexibility index (Phi) is 5.70. The second-order valence-corrected chi connectivity index (χ2v) is 9.45. The molecule has 152 valence electrons. The standard InChI is InChI=1S/C20H26N2O5S/c23-19(21-11-8-17(9-12-21)20-26-13-14-27-20)7-4-16-2-5-18(6-3-16)22-10-1-15-28(22,24)25/h2-7,17,20H,1,8-15H2/b7-4+. The number of carbonyl (C=O) groups is 1. The van der Waals surface area contributed by atoms with Crippen molar-refractivity contribution in [2.24, 2.45) is 5.92 Å². The molecular weight excluding hydrogens is 380 g/mol. The summed E-state index contributed by atoms with van der Waals surface area (Å²) in [6.07, 6.45) is 5.70. The van der Waals surface area contributed by atoms with Crippen LogP contribution in [0.3, 0.4) is 0 Å². The number of likely N-dealkylation sites (tertiary alicyclic amines) is 1. The highest BCUT2D eigenvalue weighted by molar-refractivity contribution is 7.93. The van der Waals surface area contributed by atoms with E-state index in [9.17, 15) is 13.2 Å². The molecular formula is C20H26N2O5S. The van der Waals surface area contributed by atoms with Crippen LogP contribution in [0.4, 0.5) is 5.69 Å². The lowest BCUT2D eigenvalue weighted by Gasteiger charge is -2.33. The highest BCUT2D eigenvalue weighted by Crippen LogP contribution is 2.26. The summed E-state index contributed by atoms with van der Waals surface area (Å²) >= 11 is 0. The maximum absolute atomic E-state index is 12.4. The van der Waals surface area contributed by atoms with Crippen LogP contribution in [0.5, 0.6) is 0 Å². The van der Waals surface area contributed by atoms with Crippen molar-refractivity contribution in [1.29, 1.82) is 0 Å². The van der Waals surface area contributed by atoms with Gasteiger partial charge in [0.15, 0.2) is 6.29 Å². The van der Waals surface area contributed by atoms with Crippen LogP contribution in [0.1, 0.15) is 24.8 Å². The Labute approximate surface area is 166 Å². The van der Waals surface area contributed by atoms with Gasteiger partial charge in [-0.05, 0) is 43.0 Å². The topological polar surface area (TPSA) is 76.2 Å². The second-order valence-electron chi connectivity index (χ2n) is 7.44. The smallest absolute Gasteiger partial charge is 0.246 e. The number of sulfonamides is 1. The van der Waals surface area contributed by atoms with E-state index in [0.717, 1.165) is 18.4 Å². The van der Waals surface area contributed by atoms with Crippen LogP contribution < -0.4 is 4.31 Å². The summed E-state index contributed by atoms with van der Waals surface area (Å²) in [7, 11) is -3.17. The van der Waals surface area contributed by atoms with Crippen LogP contribution in [-0.2, 0) is 24.3 Å². The fraction of sp³-hybridized carbons (Fsp3) is 0.550. The predicted octanol–water partition coefficient (Wildman–Crippen LogP) is 1.85. The highest BCUT2D eigenvalue weighted by atomic mass is 32.2. The van der Waals surface area contributed by atoms with E-state index in [4.69, 9.17) is 9.47 Å². The average Bonchev–Trinajstić information content (AvgIpc) is 3.36. The maximum Gasteiger partial charge on any atom is 0.246 e. The fourth-order valence-corrected chi connectivity index (χ4v) is 5.56. The molecule has 1 aromatic rings. The minimum absolute atomic E-state index is 0.00194. The monoisotopic (exact) mass is 406 g/mol. The van der Waals surface area contributed by atoms with Crippen LogP contribution in [0.2, 0.25) is 0 Å². The van der Waals surface area contributed by atoms with E-state index in [1.807, 2.05) is 17.0 Å². The number of ether oxygens (including phenoxy) is 2. The number of carbonyl (C=O) groups excluding carboxylic acids is 1. The molecule has 0 atom stereocenters. The van der Waals surface area contributed by atoms with Gasteiger partial charge in [0.25, 0.3) is 0 Å². The van der Waals surface area contributed by atoms with E-state index in [2.05, 4.69) is 0 Å². The van der Waals surface area contributed by atoms with Crippen LogP contribution in [-0.4, -0.2) is 64.1 Å². The van der Waals surface area contributed by atoms with Crippen molar-refractivity contribution in [2.45, 2.75) is 25.6 Å². The molecule has 0 unspecified atom stereocenters. The summed E-state index contributed by atoms with van der Waals surface area (Å²) in [5.74, 6) is 0.571. The summed E-state index contributed by atoms with van der Waals surface area (Å²) in [5, 5.41) is 0. The first-order valence-electron chi connectivity index (χ1n) is 9.84. The Bertz CT molecular complexity index is 823. The molecule has 4 rings (SSSR count). The molecule has 1 aromatic carbocycles. The van der Waals surface area contributed by atoms with E-state index in [0.29, 0.717) is 50.9 Å². The SMILES string of the molecule is O=C(/C=C/c1ccc(N2CCCS2(=O)=O)cc1)N1CCC(C2OCCO2)CC1. The first-order chi connectivity index (χ1) is 13.5. The van der Waals surface area contributed by atoms with Crippen molar-refractivity contribution in [3.8, 4) is 0 Å². The van der Waals surface area contributed by atoms with E-state index < -0.39 is 10.0 Å². The number of nitrogens with zero attached hydrogens (tertiary/aromatic N) is 2. The van der Waals surface area contributed by atoms with Gasteiger partial charge in [0.05, 0.1) is 24.7 Å². The summed E-state index contributed by atoms with van der Waals surface area (Å²) in [6.45, 7) is 3.28. The van der Waals surface area contributed by atoms with Crippen molar-refractivity contribution in [3.63, 3.8) is 0 Å². The largest absolute Gasteiger partial charge is 0.350 e. The van der Waals surface area contributed by atoms with Gasteiger partial charge >= 0.3 is 0 Å². The van der Waals surface area contributed by atoms with Crippen molar-refractivity contribution in [1.82, 2.24) is 4.90 Å². The minimum atomic E-state index is -3.17. The summed E-state index contributed by atoms with van der Waals surface area (Å²) in [5.41, 5.74) is 1.55. The van der Waals surface area contributed by atoms with E-state index in [1.165, 1.54) is 4.31 Å². The van der Waals surface area contributed by atoms with Crippen molar-refractivity contribution < 1.29 is 22.7 Å². The Morgan fingerprint density at radius 3 is 2.32 bits per heavy atom.